The predicted molar refractivity (Wildman–Crippen MR) is 68.6 cm³/mol. The Balaban J connectivity index is 0.00000128. The largest absolute Gasteiger partial charge is 0.497 e. The zero-order valence-electron chi connectivity index (χ0n) is 9.75. The van der Waals surface area contributed by atoms with E-state index >= 15 is 0 Å². The first-order chi connectivity index (χ1) is 7.31. The normalized spacial score (nSPS) is 20.0. The average Bonchev–Trinajstić information content (AvgIpc) is 2.30. The average molecular weight is 243 g/mol. The minimum Gasteiger partial charge on any atom is -0.497 e. The Morgan fingerprint density at radius 2 is 2.12 bits per heavy atom. The van der Waals surface area contributed by atoms with E-state index in [1.165, 1.54) is 11.1 Å². The maximum Gasteiger partial charge on any atom is 0.119 e. The third-order valence-electron chi connectivity index (χ3n) is 2.89. The van der Waals surface area contributed by atoms with E-state index in [0.717, 1.165) is 25.4 Å². The Morgan fingerprint density at radius 3 is 2.69 bits per heavy atom. The van der Waals surface area contributed by atoms with Crippen molar-refractivity contribution < 1.29 is 4.74 Å². The Morgan fingerprint density at radius 1 is 1.31 bits per heavy atom. The summed E-state index contributed by atoms with van der Waals surface area (Å²) in [5.41, 5.74) is 2.65. The summed E-state index contributed by atoms with van der Waals surface area (Å²) < 4.78 is 5.20. The van der Waals surface area contributed by atoms with Crippen LogP contribution in [0.2, 0.25) is 0 Å². The summed E-state index contributed by atoms with van der Waals surface area (Å²) in [5, 5.41) is 6.91. The highest BCUT2D eigenvalue weighted by Gasteiger charge is 2.15. The fourth-order valence-electron chi connectivity index (χ4n) is 2.04. The van der Waals surface area contributed by atoms with Crippen LogP contribution >= 0.6 is 12.4 Å². The second kappa shape index (κ2) is 6.09. The first-order valence-corrected chi connectivity index (χ1v) is 5.40. The van der Waals surface area contributed by atoms with Crippen molar-refractivity contribution in [2.75, 3.05) is 26.7 Å². The van der Waals surface area contributed by atoms with E-state index < -0.39 is 0 Å². The standard InChI is InChI=1S/C12H18N2O.ClH/c1-9-7-10(15-2)3-4-11(9)12-8-13-5-6-14-12;/h3-4,7,12-14H,5-6,8H2,1-2H3;1H/t12-;/m1./s1. The molecule has 0 aromatic heterocycles. The molecule has 0 spiro atoms. The number of nitrogens with one attached hydrogen (secondary N) is 2. The molecular weight excluding hydrogens is 224 g/mol. The van der Waals surface area contributed by atoms with Crippen LogP contribution in [-0.4, -0.2) is 26.7 Å². The quantitative estimate of drug-likeness (QED) is 0.828. The highest BCUT2D eigenvalue weighted by Crippen LogP contribution is 2.22. The van der Waals surface area contributed by atoms with E-state index in [2.05, 4.69) is 29.7 Å². The SMILES string of the molecule is COc1ccc([C@H]2CNCCN2)c(C)c1.Cl. The van der Waals surface area contributed by atoms with E-state index in [1.807, 2.05) is 6.07 Å². The summed E-state index contributed by atoms with van der Waals surface area (Å²) in [7, 11) is 1.70. The first kappa shape index (κ1) is 13.3. The van der Waals surface area contributed by atoms with Crippen LogP contribution in [0.1, 0.15) is 17.2 Å². The maximum atomic E-state index is 5.20. The number of hydrogen-bond acceptors (Lipinski definition) is 3. The molecule has 16 heavy (non-hydrogen) atoms. The van der Waals surface area contributed by atoms with Gasteiger partial charge in [0, 0.05) is 25.7 Å². The lowest BCUT2D eigenvalue weighted by molar-refractivity contribution is 0.411. The van der Waals surface area contributed by atoms with Crippen molar-refractivity contribution in [3.63, 3.8) is 0 Å². The lowest BCUT2D eigenvalue weighted by atomic mass is 10.00. The summed E-state index contributed by atoms with van der Waals surface area (Å²) in [6, 6.07) is 6.70. The molecule has 1 aliphatic rings. The van der Waals surface area contributed by atoms with E-state index in [-0.39, 0.29) is 12.4 Å². The van der Waals surface area contributed by atoms with Gasteiger partial charge in [-0.05, 0) is 30.2 Å². The summed E-state index contributed by atoms with van der Waals surface area (Å²) in [6.07, 6.45) is 0. The van der Waals surface area contributed by atoms with E-state index in [4.69, 9.17) is 4.74 Å². The van der Waals surface area contributed by atoms with Gasteiger partial charge in [-0.3, -0.25) is 0 Å². The number of methoxy groups -OCH3 is 1. The van der Waals surface area contributed by atoms with Crippen LogP contribution in [0.15, 0.2) is 18.2 Å². The van der Waals surface area contributed by atoms with Crippen molar-refractivity contribution in [1.29, 1.82) is 0 Å². The number of ether oxygens (including phenoxy) is 1. The highest BCUT2D eigenvalue weighted by molar-refractivity contribution is 5.85. The van der Waals surface area contributed by atoms with Crippen molar-refractivity contribution in [3.8, 4) is 5.75 Å². The molecule has 1 fully saturated rings. The molecule has 1 aromatic carbocycles. The van der Waals surface area contributed by atoms with E-state index in [9.17, 15) is 0 Å². The topological polar surface area (TPSA) is 33.3 Å². The van der Waals surface area contributed by atoms with Gasteiger partial charge in [0.2, 0.25) is 0 Å². The molecule has 0 saturated carbocycles. The monoisotopic (exact) mass is 242 g/mol. The number of halogens is 1. The predicted octanol–water partition coefficient (Wildman–Crippen LogP) is 1.66. The molecular formula is C12H19ClN2O. The number of benzene rings is 1. The van der Waals surface area contributed by atoms with Gasteiger partial charge in [0.25, 0.3) is 0 Å². The van der Waals surface area contributed by atoms with Gasteiger partial charge in [0.1, 0.15) is 5.75 Å². The Hall–Kier alpha value is -0.770. The molecule has 0 bridgehead atoms. The third-order valence-corrected chi connectivity index (χ3v) is 2.89. The number of hydrogen-bond donors (Lipinski definition) is 2. The van der Waals surface area contributed by atoms with Gasteiger partial charge in [0.15, 0.2) is 0 Å². The van der Waals surface area contributed by atoms with Gasteiger partial charge in [-0.2, -0.15) is 0 Å². The molecule has 2 rings (SSSR count). The van der Waals surface area contributed by atoms with Crippen molar-refractivity contribution in [2.45, 2.75) is 13.0 Å². The van der Waals surface area contributed by atoms with Crippen LogP contribution < -0.4 is 15.4 Å². The second-order valence-electron chi connectivity index (χ2n) is 3.93. The molecule has 0 unspecified atom stereocenters. The van der Waals surface area contributed by atoms with Crippen molar-refractivity contribution in [2.24, 2.45) is 0 Å². The third kappa shape index (κ3) is 2.88. The lowest BCUT2D eigenvalue weighted by Gasteiger charge is -2.26. The summed E-state index contributed by atoms with van der Waals surface area (Å²) in [5.74, 6) is 0.931. The van der Waals surface area contributed by atoms with Gasteiger partial charge < -0.3 is 15.4 Å². The first-order valence-electron chi connectivity index (χ1n) is 5.40. The Kier molecular flexibility index (Phi) is 5.06. The molecule has 1 atom stereocenters. The molecule has 0 amide bonds. The van der Waals surface area contributed by atoms with Crippen LogP contribution in [0.5, 0.6) is 5.75 Å². The molecule has 1 saturated heterocycles. The molecule has 0 radical (unpaired) electrons. The van der Waals surface area contributed by atoms with E-state index in [0.29, 0.717) is 6.04 Å². The zero-order valence-corrected chi connectivity index (χ0v) is 10.6. The second-order valence-corrected chi connectivity index (χ2v) is 3.93. The number of rotatable bonds is 2. The van der Waals surface area contributed by atoms with Crippen LogP contribution in [0.25, 0.3) is 0 Å². The molecule has 1 heterocycles. The summed E-state index contributed by atoms with van der Waals surface area (Å²) in [4.78, 5) is 0. The van der Waals surface area contributed by atoms with Gasteiger partial charge >= 0.3 is 0 Å². The maximum absolute atomic E-state index is 5.20. The van der Waals surface area contributed by atoms with Gasteiger partial charge in [0.05, 0.1) is 7.11 Å². The Bertz CT molecular complexity index is 338. The van der Waals surface area contributed by atoms with Gasteiger partial charge in [-0.15, -0.1) is 12.4 Å². The molecule has 4 heteroatoms. The fraction of sp³-hybridized carbons (Fsp3) is 0.500. The summed E-state index contributed by atoms with van der Waals surface area (Å²) >= 11 is 0. The minimum atomic E-state index is 0. The molecule has 90 valence electrons. The molecule has 1 aromatic rings. The van der Waals surface area contributed by atoms with Crippen LogP contribution in [0.4, 0.5) is 0 Å². The lowest BCUT2D eigenvalue weighted by Crippen LogP contribution is -2.42. The summed E-state index contributed by atoms with van der Waals surface area (Å²) in [6.45, 7) is 5.24. The minimum absolute atomic E-state index is 0. The van der Waals surface area contributed by atoms with E-state index in [1.54, 1.807) is 7.11 Å². The van der Waals surface area contributed by atoms with Gasteiger partial charge in [-0.25, -0.2) is 0 Å². The van der Waals surface area contributed by atoms with Crippen molar-refractivity contribution in [1.82, 2.24) is 10.6 Å². The number of piperazine rings is 1. The number of aryl methyl sites for hydroxylation is 1. The van der Waals surface area contributed by atoms with Crippen LogP contribution in [0.3, 0.4) is 0 Å². The smallest absolute Gasteiger partial charge is 0.119 e. The highest BCUT2D eigenvalue weighted by atomic mass is 35.5. The molecule has 1 aliphatic heterocycles. The van der Waals surface area contributed by atoms with Crippen molar-refractivity contribution >= 4 is 12.4 Å². The fourth-order valence-corrected chi connectivity index (χ4v) is 2.04. The van der Waals surface area contributed by atoms with Crippen LogP contribution in [0, 0.1) is 6.92 Å². The van der Waals surface area contributed by atoms with Crippen molar-refractivity contribution in [3.05, 3.63) is 29.3 Å². The zero-order chi connectivity index (χ0) is 10.7. The molecule has 0 aliphatic carbocycles. The molecule has 3 nitrogen and oxygen atoms in total. The van der Waals surface area contributed by atoms with Gasteiger partial charge in [-0.1, -0.05) is 6.07 Å². The van der Waals surface area contributed by atoms with Crippen LogP contribution in [-0.2, 0) is 0 Å². The molecule has 2 N–H and O–H groups in total. The Labute approximate surface area is 103 Å².